The summed E-state index contributed by atoms with van der Waals surface area (Å²) < 4.78 is -22.5. The van der Waals surface area contributed by atoms with Crippen molar-refractivity contribution in [2.45, 2.75) is 129 Å². The lowest BCUT2D eigenvalue weighted by Crippen LogP contribution is -1.55. The first-order valence-corrected chi connectivity index (χ1v) is 59.4. The van der Waals surface area contributed by atoms with Crippen molar-refractivity contribution < 1.29 is 5.11 Å². The molecule has 0 bridgehead atoms. The molecule has 0 amide bonds. The van der Waals surface area contributed by atoms with Gasteiger partial charge in [0, 0.05) is 7.11 Å². The van der Waals surface area contributed by atoms with E-state index in [2.05, 4.69) is 0 Å². The fraction of sp³-hybridized carbons (Fsp3) is 1.00. The van der Waals surface area contributed by atoms with Gasteiger partial charge in [-0.1, -0.05) is 1040 Å². The molecule has 1 N–H and O–H groups in total. The van der Waals surface area contributed by atoms with Gasteiger partial charge in [-0.05, 0) is 0 Å². The Balaban J connectivity index is -0.0000000242. The SMILES string of the molecule is CO.ClC(Cl)Cl.ClC(Cl)Cl.ClC(Cl)Cl.ClC(Cl)Cl.ClC(Cl)Cl.ClC(Cl)Cl.ClC(Cl)Cl.ClC(Cl)Cl.ClC(Cl)Cl.ClC(Cl)Cl.ClC(Cl)Cl.ClC(Cl)Cl.ClC(Cl)Cl.ClC(Cl)Cl.ClC(Cl)Cl.ClC(Cl)Cl.ClC(Cl)Cl.ClC(Cl)Cl.ClC(Cl)Cl.ClC(Cl)Cl.ClC(Cl)Cl.ClC(Cl)Cl.ClC(Cl)Cl.ClC(Cl)Cl.ClC(Cl)Cl.ClC(Cl)Cl.ClC(Cl)Cl.ClC(Cl)Cl.ClC(Cl)Cl.ClC(Cl)Cl. The van der Waals surface area contributed by atoms with Crippen LogP contribution in [0.15, 0.2) is 0 Å². The van der Waals surface area contributed by atoms with E-state index >= 15 is 0 Å². The van der Waals surface area contributed by atoms with E-state index in [0.29, 0.717) is 0 Å². The van der Waals surface area contributed by atoms with Crippen LogP contribution in [0.25, 0.3) is 0 Å². The fourth-order valence-corrected chi connectivity index (χ4v) is 0. The topological polar surface area (TPSA) is 20.2 Å². The van der Waals surface area contributed by atoms with Gasteiger partial charge >= 0.3 is 0 Å². The number of hydrogen-bond acceptors (Lipinski definition) is 1. The van der Waals surface area contributed by atoms with Crippen molar-refractivity contribution in [3.63, 3.8) is 0 Å². The smallest absolute Gasteiger partial charge is 0.180 e. The van der Waals surface area contributed by atoms with Gasteiger partial charge in [0.15, 0.2) is 129 Å². The van der Waals surface area contributed by atoms with Crippen molar-refractivity contribution in [2.24, 2.45) is 0 Å². The van der Waals surface area contributed by atoms with Gasteiger partial charge in [-0.2, -0.15) is 0 Å². The van der Waals surface area contributed by atoms with Crippen molar-refractivity contribution in [3.8, 4) is 0 Å². The van der Waals surface area contributed by atoms with Crippen LogP contribution in [0.1, 0.15) is 0 Å². The third kappa shape index (κ3) is 4530. The molecule has 0 heterocycles. The molecule has 0 aliphatic rings. The van der Waals surface area contributed by atoms with Crippen LogP contribution >= 0.6 is 1040 Å². The fourth-order valence-electron chi connectivity index (χ4n) is 0. The molecular formula is C31H34Cl90O. The molecule has 0 aromatic carbocycles. The maximum Gasteiger partial charge on any atom is 0.180 e. The first kappa shape index (κ1) is 234. The molecule has 0 aromatic heterocycles. The highest BCUT2D eigenvalue weighted by atomic mass is 35.7. The predicted octanol–water partition coefficient (Wildman–Crippen LogP) is 59.2. The van der Waals surface area contributed by atoms with E-state index in [0.717, 1.165) is 7.11 Å². The summed E-state index contributed by atoms with van der Waals surface area (Å²) in [6, 6.07) is 0. The molecule has 91 heteroatoms. The lowest BCUT2D eigenvalue weighted by molar-refractivity contribution is 0.399. The zero-order valence-corrected chi connectivity index (χ0v) is 121. The van der Waals surface area contributed by atoms with Crippen LogP contribution < -0.4 is 0 Å². The minimum atomic E-state index is -0.750. The maximum absolute atomic E-state index is 7.00. The number of alkyl halides is 90. The lowest BCUT2D eigenvalue weighted by Gasteiger charge is -1.69. The Morgan fingerprint density at radius 3 is 0.0574 bits per heavy atom. The van der Waals surface area contributed by atoms with E-state index in [9.17, 15) is 0 Å². The Bertz CT molecular complexity index is 692. The van der Waals surface area contributed by atoms with Gasteiger partial charge < -0.3 is 5.11 Å². The summed E-state index contributed by atoms with van der Waals surface area (Å²) in [7, 11) is 1.00. The van der Waals surface area contributed by atoms with E-state index in [1.807, 2.05) is 0 Å². The monoisotopic (exact) mass is 3570 g/mol. The molecule has 0 saturated carbocycles. The highest BCUT2D eigenvalue weighted by Crippen LogP contribution is 2.15. The molecule has 122 heavy (non-hydrogen) atoms. The Kier molecular flexibility index (Phi) is 446. The summed E-state index contributed by atoms with van der Waals surface area (Å²) in [6.07, 6.45) is 0. The van der Waals surface area contributed by atoms with E-state index < -0.39 is 129 Å². The molecule has 0 saturated heterocycles. The number of aliphatic hydroxyl groups excluding tert-OH is 1. The van der Waals surface area contributed by atoms with Gasteiger partial charge in [0.05, 0.1) is 0 Å². The van der Waals surface area contributed by atoms with Crippen LogP contribution in [0, 0.1) is 0 Å². The Labute approximate surface area is 1160 Å². The second-order valence-electron chi connectivity index (χ2n) is 7.42. The Hall–Kier alpha value is 26.1. The average molecular weight is 3610 g/mol. The molecule has 0 aliphatic heterocycles. The second kappa shape index (κ2) is 233. The average Bonchev–Trinajstić information content (AvgIpc) is 3.32. The zero-order chi connectivity index (χ0) is 109. The number of rotatable bonds is 0. The standard InChI is InChI=1S/30CHCl3.CH4O/c30*2-1(3)4;1-2/h30*1H;2H,1H3. The third-order valence-electron chi connectivity index (χ3n) is 0. The summed E-state index contributed by atoms with van der Waals surface area (Å²) in [6.45, 7) is 0. The van der Waals surface area contributed by atoms with Crippen LogP contribution in [0.5, 0.6) is 0 Å². The quantitative estimate of drug-likeness (QED) is 0.240. The molecule has 0 atom stereocenters. The van der Waals surface area contributed by atoms with Gasteiger partial charge in [0.25, 0.3) is 0 Å². The van der Waals surface area contributed by atoms with Crippen LogP contribution in [0.3, 0.4) is 0 Å². The first-order valence-electron chi connectivity index (χ1n) is 20.1. The van der Waals surface area contributed by atoms with Crippen molar-refractivity contribution in [2.75, 3.05) is 7.11 Å². The van der Waals surface area contributed by atoms with Crippen LogP contribution in [-0.2, 0) is 0 Å². The van der Waals surface area contributed by atoms with E-state index in [1.54, 1.807) is 0 Å². The molecule has 794 valence electrons. The Morgan fingerprint density at radius 1 is 0.0574 bits per heavy atom. The summed E-state index contributed by atoms with van der Waals surface area (Å²) in [5.74, 6) is 0. The molecule has 0 aliphatic carbocycles. The molecule has 0 rings (SSSR count). The molecule has 0 unspecified atom stereocenters. The minimum absolute atomic E-state index is 0.750. The molecule has 1 nitrogen and oxygen atoms in total. The van der Waals surface area contributed by atoms with Crippen molar-refractivity contribution in [1.82, 2.24) is 0 Å². The van der Waals surface area contributed by atoms with Crippen LogP contribution in [0.2, 0.25) is 0 Å². The molecule has 0 spiro atoms. The number of hydrogen-bond donors (Lipinski definition) is 1. The van der Waals surface area contributed by atoms with Crippen LogP contribution in [0.4, 0.5) is 0 Å². The van der Waals surface area contributed by atoms with Gasteiger partial charge in [-0.15, -0.1) is 0 Å². The number of halogens is 90. The molecule has 0 fully saturated rings. The van der Waals surface area contributed by atoms with Crippen LogP contribution in [-0.4, -0.2) is 141 Å². The van der Waals surface area contributed by atoms with Gasteiger partial charge in [-0.25, -0.2) is 0 Å². The highest BCUT2D eigenvalue weighted by molar-refractivity contribution is 6.74. The normalized spacial score (nSPS) is 8.90. The van der Waals surface area contributed by atoms with Crippen molar-refractivity contribution in [3.05, 3.63) is 0 Å². The van der Waals surface area contributed by atoms with E-state index in [1.165, 1.54) is 0 Å². The first-order chi connectivity index (χ1) is 53.0. The van der Waals surface area contributed by atoms with Gasteiger partial charge in [-0.3, -0.25) is 0 Å². The summed E-state index contributed by atoms with van der Waals surface area (Å²) in [5.41, 5.74) is 0. The van der Waals surface area contributed by atoms with E-state index in [-0.39, 0.29) is 0 Å². The predicted molar refractivity (Wildman–Crippen MR) is 649 cm³/mol. The van der Waals surface area contributed by atoms with E-state index in [4.69, 9.17) is 1050 Å². The lowest BCUT2D eigenvalue weighted by atomic mass is 11.8. The summed E-state index contributed by atoms with van der Waals surface area (Å²) in [5, 5.41) is 7.00. The van der Waals surface area contributed by atoms with Crippen molar-refractivity contribution in [1.29, 1.82) is 0 Å². The molecular weight excluding hydrogens is 3580 g/mol. The molecule has 0 radical (unpaired) electrons. The second-order valence-corrected chi connectivity index (χ2v) is 66.8. The Morgan fingerprint density at radius 2 is 0.0574 bits per heavy atom. The molecule has 0 aromatic rings. The number of aliphatic hydroxyl groups is 1. The third-order valence-corrected chi connectivity index (χ3v) is 0. The minimum Gasteiger partial charge on any atom is -0.400 e. The highest BCUT2D eigenvalue weighted by Gasteiger charge is 1.89. The summed E-state index contributed by atoms with van der Waals surface area (Å²) >= 11 is 432. The van der Waals surface area contributed by atoms with Crippen molar-refractivity contribution >= 4 is 1040 Å². The zero-order valence-electron chi connectivity index (χ0n) is 52.8. The van der Waals surface area contributed by atoms with Gasteiger partial charge in [0.2, 0.25) is 0 Å². The maximum atomic E-state index is 7.00. The largest absolute Gasteiger partial charge is 0.400 e. The van der Waals surface area contributed by atoms with Gasteiger partial charge in [0.1, 0.15) is 0 Å². The summed E-state index contributed by atoms with van der Waals surface area (Å²) in [4.78, 5) is 0.